The molecular formula is C14H17NOS. The molecule has 1 aromatic heterocycles. The number of thiophene rings is 1. The Balaban J connectivity index is 2.01. The normalized spacial score (nSPS) is 12.4. The van der Waals surface area contributed by atoms with Gasteiger partial charge in [-0.15, -0.1) is 11.3 Å². The van der Waals surface area contributed by atoms with E-state index in [9.17, 15) is 0 Å². The zero-order valence-electron chi connectivity index (χ0n) is 10.1. The van der Waals surface area contributed by atoms with E-state index < -0.39 is 0 Å². The SMILES string of the molecule is COc1ccccc1[C@@H](C)NCc1cccs1. The van der Waals surface area contributed by atoms with E-state index >= 15 is 0 Å². The van der Waals surface area contributed by atoms with Crippen molar-refractivity contribution in [2.24, 2.45) is 0 Å². The van der Waals surface area contributed by atoms with Gasteiger partial charge in [-0.05, 0) is 24.4 Å². The highest BCUT2D eigenvalue weighted by Crippen LogP contribution is 2.24. The summed E-state index contributed by atoms with van der Waals surface area (Å²) in [7, 11) is 1.71. The van der Waals surface area contributed by atoms with Crippen molar-refractivity contribution in [3.05, 3.63) is 52.2 Å². The molecule has 2 rings (SSSR count). The van der Waals surface area contributed by atoms with Crippen LogP contribution < -0.4 is 10.1 Å². The molecule has 0 unspecified atom stereocenters. The minimum atomic E-state index is 0.285. The summed E-state index contributed by atoms with van der Waals surface area (Å²) in [6.45, 7) is 3.06. The highest BCUT2D eigenvalue weighted by Gasteiger charge is 2.09. The fourth-order valence-corrected chi connectivity index (χ4v) is 2.46. The maximum absolute atomic E-state index is 5.37. The van der Waals surface area contributed by atoms with Crippen molar-refractivity contribution in [3.63, 3.8) is 0 Å². The molecule has 0 fully saturated rings. The lowest BCUT2D eigenvalue weighted by Gasteiger charge is -2.16. The zero-order chi connectivity index (χ0) is 12.1. The highest BCUT2D eigenvalue weighted by molar-refractivity contribution is 7.09. The molecular weight excluding hydrogens is 230 g/mol. The Morgan fingerprint density at radius 1 is 1.24 bits per heavy atom. The molecule has 0 bridgehead atoms. The Morgan fingerprint density at radius 2 is 2.06 bits per heavy atom. The fourth-order valence-electron chi connectivity index (χ4n) is 1.80. The summed E-state index contributed by atoms with van der Waals surface area (Å²) in [6, 6.07) is 12.6. The topological polar surface area (TPSA) is 21.3 Å². The van der Waals surface area contributed by atoms with Gasteiger partial charge in [-0.3, -0.25) is 0 Å². The Bertz CT molecular complexity index is 453. The van der Waals surface area contributed by atoms with E-state index in [1.807, 2.05) is 18.2 Å². The number of hydrogen-bond donors (Lipinski definition) is 1. The van der Waals surface area contributed by atoms with Crippen LogP contribution in [0.4, 0.5) is 0 Å². The van der Waals surface area contributed by atoms with Crippen LogP contribution in [0.1, 0.15) is 23.4 Å². The van der Waals surface area contributed by atoms with Crippen LogP contribution in [0.5, 0.6) is 5.75 Å². The van der Waals surface area contributed by atoms with Crippen LogP contribution in [-0.2, 0) is 6.54 Å². The summed E-state index contributed by atoms with van der Waals surface area (Å²) in [5.74, 6) is 0.943. The second kappa shape index (κ2) is 5.84. The van der Waals surface area contributed by atoms with E-state index in [0.717, 1.165) is 12.3 Å². The smallest absolute Gasteiger partial charge is 0.123 e. The second-order valence-corrected chi connectivity index (χ2v) is 4.96. The van der Waals surface area contributed by atoms with Gasteiger partial charge in [-0.1, -0.05) is 24.3 Å². The molecule has 0 aliphatic rings. The molecule has 0 saturated carbocycles. The maximum atomic E-state index is 5.37. The molecule has 3 heteroatoms. The Kier molecular flexibility index (Phi) is 4.18. The van der Waals surface area contributed by atoms with Gasteiger partial charge in [0.05, 0.1) is 7.11 Å². The summed E-state index contributed by atoms with van der Waals surface area (Å²) in [5, 5.41) is 5.61. The lowest BCUT2D eigenvalue weighted by molar-refractivity contribution is 0.401. The Labute approximate surface area is 106 Å². The third-order valence-electron chi connectivity index (χ3n) is 2.77. The lowest BCUT2D eigenvalue weighted by atomic mass is 10.1. The summed E-state index contributed by atoms with van der Waals surface area (Å²) < 4.78 is 5.37. The first-order valence-corrected chi connectivity index (χ1v) is 6.58. The average molecular weight is 247 g/mol. The molecule has 1 N–H and O–H groups in total. The predicted molar refractivity (Wildman–Crippen MR) is 72.6 cm³/mol. The number of nitrogens with one attached hydrogen (secondary N) is 1. The van der Waals surface area contributed by atoms with Crippen molar-refractivity contribution in [3.8, 4) is 5.75 Å². The first-order valence-electron chi connectivity index (χ1n) is 5.70. The standard InChI is InChI=1S/C14H17NOS/c1-11(15-10-12-6-5-9-17-12)13-7-3-4-8-14(13)16-2/h3-9,11,15H,10H2,1-2H3/t11-/m1/s1. The van der Waals surface area contributed by atoms with Crippen molar-refractivity contribution in [2.45, 2.75) is 19.5 Å². The molecule has 0 aliphatic heterocycles. The maximum Gasteiger partial charge on any atom is 0.123 e. The van der Waals surface area contributed by atoms with Crippen LogP contribution in [-0.4, -0.2) is 7.11 Å². The monoisotopic (exact) mass is 247 g/mol. The predicted octanol–water partition coefficient (Wildman–Crippen LogP) is 3.61. The molecule has 90 valence electrons. The van der Waals surface area contributed by atoms with Gasteiger partial charge in [-0.2, -0.15) is 0 Å². The number of ether oxygens (including phenoxy) is 1. The van der Waals surface area contributed by atoms with Crippen LogP contribution in [0, 0.1) is 0 Å². The number of rotatable bonds is 5. The first-order chi connectivity index (χ1) is 8.31. The van der Waals surface area contributed by atoms with Gasteiger partial charge >= 0.3 is 0 Å². The summed E-state index contributed by atoms with van der Waals surface area (Å²) in [6.07, 6.45) is 0. The van der Waals surface area contributed by atoms with Crippen LogP contribution >= 0.6 is 11.3 Å². The molecule has 0 saturated heterocycles. The molecule has 0 radical (unpaired) electrons. The summed E-state index contributed by atoms with van der Waals surface area (Å²) >= 11 is 1.78. The molecule has 0 amide bonds. The van der Waals surface area contributed by atoms with E-state index in [1.54, 1.807) is 18.4 Å². The largest absolute Gasteiger partial charge is 0.496 e. The van der Waals surface area contributed by atoms with Crippen molar-refractivity contribution in [1.82, 2.24) is 5.32 Å². The quantitative estimate of drug-likeness (QED) is 0.871. The highest BCUT2D eigenvalue weighted by atomic mass is 32.1. The van der Waals surface area contributed by atoms with E-state index in [-0.39, 0.29) is 6.04 Å². The van der Waals surface area contributed by atoms with Crippen LogP contribution in [0.2, 0.25) is 0 Å². The van der Waals surface area contributed by atoms with E-state index in [0.29, 0.717) is 0 Å². The molecule has 2 nitrogen and oxygen atoms in total. The van der Waals surface area contributed by atoms with E-state index in [1.165, 1.54) is 10.4 Å². The minimum Gasteiger partial charge on any atom is -0.496 e. The van der Waals surface area contributed by atoms with Gasteiger partial charge in [-0.25, -0.2) is 0 Å². The Morgan fingerprint density at radius 3 is 2.76 bits per heavy atom. The van der Waals surface area contributed by atoms with Gasteiger partial charge in [0, 0.05) is 23.0 Å². The van der Waals surface area contributed by atoms with E-state index in [2.05, 4.69) is 35.8 Å². The summed E-state index contributed by atoms with van der Waals surface area (Å²) in [4.78, 5) is 1.35. The van der Waals surface area contributed by atoms with Gasteiger partial charge in [0.15, 0.2) is 0 Å². The Hall–Kier alpha value is -1.32. The fraction of sp³-hybridized carbons (Fsp3) is 0.286. The van der Waals surface area contributed by atoms with Gasteiger partial charge in [0.1, 0.15) is 5.75 Å². The van der Waals surface area contributed by atoms with Crippen LogP contribution in [0.15, 0.2) is 41.8 Å². The third kappa shape index (κ3) is 3.08. The van der Waals surface area contributed by atoms with Gasteiger partial charge < -0.3 is 10.1 Å². The van der Waals surface area contributed by atoms with Gasteiger partial charge in [0.25, 0.3) is 0 Å². The molecule has 0 spiro atoms. The molecule has 1 atom stereocenters. The van der Waals surface area contributed by atoms with E-state index in [4.69, 9.17) is 4.74 Å². The van der Waals surface area contributed by atoms with Crippen molar-refractivity contribution in [1.29, 1.82) is 0 Å². The third-order valence-corrected chi connectivity index (χ3v) is 3.64. The number of para-hydroxylation sites is 1. The van der Waals surface area contributed by atoms with Crippen LogP contribution in [0.3, 0.4) is 0 Å². The second-order valence-electron chi connectivity index (χ2n) is 3.92. The summed E-state index contributed by atoms with van der Waals surface area (Å²) in [5.41, 5.74) is 1.20. The van der Waals surface area contributed by atoms with Gasteiger partial charge in [0.2, 0.25) is 0 Å². The average Bonchev–Trinajstić information content (AvgIpc) is 2.89. The van der Waals surface area contributed by atoms with Crippen molar-refractivity contribution in [2.75, 3.05) is 7.11 Å². The minimum absolute atomic E-state index is 0.285. The molecule has 0 aliphatic carbocycles. The molecule has 2 aromatic rings. The molecule has 1 aromatic carbocycles. The molecule has 1 heterocycles. The number of benzene rings is 1. The number of methoxy groups -OCH3 is 1. The lowest BCUT2D eigenvalue weighted by Crippen LogP contribution is -2.18. The molecule has 17 heavy (non-hydrogen) atoms. The first kappa shape index (κ1) is 12.1. The van der Waals surface area contributed by atoms with Crippen molar-refractivity contribution >= 4 is 11.3 Å². The zero-order valence-corrected chi connectivity index (χ0v) is 11.0. The number of hydrogen-bond acceptors (Lipinski definition) is 3. The van der Waals surface area contributed by atoms with Crippen LogP contribution in [0.25, 0.3) is 0 Å². The van der Waals surface area contributed by atoms with Crippen molar-refractivity contribution < 1.29 is 4.74 Å².